The van der Waals surface area contributed by atoms with Crippen molar-refractivity contribution in [2.75, 3.05) is 0 Å². The van der Waals surface area contributed by atoms with E-state index in [-0.39, 0.29) is 12.3 Å². The molecular formula is C22H26F5N5O3. The highest BCUT2D eigenvalue weighted by atomic mass is 19.4. The highest BCUT2D eigenvalue weighted by Gasteiger charge is 2.68. The van der Waals surface area contributed by atoms with E-state index in [0.717, 1.165) is 6.07 Å². The van der Waals surface area contributed by atoms with Crippen molar-refractivity contribution in [3.63, 3.8) is 0 Å². The predicted molar refractivity (Wildman–Crippen MR) is 112 cm³/mol. The number of aromatic amines is 1. The van der Waals surface area contributed by atoms with Crippen LogP contribution in [0.25, 0.3) is 0 Å². The van der Waals surface area contributed by atoms with E-state index in [1.54, 1.807) is 13.8 Å². The molecule has 1 aliphatic carbocycles. The van der Waals surface area contributed by atoms with Crippen molar-refractivity contribution in [3.8, 4) is 6.07 Å². The van der Waals surface area contributed by atoms with Gasteiger partial charge >= 0.3 is 6.18 Å². The number of carbonyl (C=O) groups is 3. The van der Waals surface area contributed by atoms with Crippen LogP contribution in [0.2, 0.25) is 0 Å². The lowest BCUT2D eigenvalue weighted by atomic mass is 9.91. The number of carbonyl (C=O) groups excluding carboxylic acids is 3. The molecule has 1 aromatic rings. The minimum Gasteiger partial charge on any atom is -0.351 e. The van der Waals surface area contributed by atoms with Crippen molar-refractivity contribution in [3.05, 3.63) is 23.5 Å². The largest absolute Gasteiger partial charge is 0.431 e. The summed E-state index contributed by atoms with van der Waals surface area (Å²) in [6, 6.07) is 0.654. The summed E-state index contributed by atoms with van der Waals surface area (Å²) in [5, 5.41) is 16.8. The van der Waals surface area contributed by atoms with E-state index in [4.69, 9.17) is 0 Å². The van der Waals surface area contributed by atoms with Gasteiger partial charge in [0.15, 0.2) is 0 Å². The molecule has 192 valence electrons. The van der Waals surface area contributed by atoms with Crippen LogP contribution in [0.3, 0.4) is 0 Å². The lowest BCUT2D eigenvalue weighted by Gasteiger charge is -2.24. The third kappa shape index (κ3) is 5.91. The van der Waals surface area contributed by atoms with E-state index >= 15 is 0 Å². The Balaban J connectivity index is 1.73. The zero-order valence-corrected chi connectivity index (χ0v) is 19.3. The second kappa shape index (κ2) is 8.80. The first kappa shape index (κ1) is 26.4. The van der Waals surface area contributed by atoms with Gasteiger partial charge in [0, 0.05) is 23.3 Å². The molecule has 2 heterocycles. The molecule has 0 spiro atoms. The van der Waals surface area contributed by atoms with Crippen LogP contribution in [-0.2, 0) is 15.8 Å². The minimum absolute atomic E-state index is 0.0306. The van der Waals surface area contributed by atoms with Gasteiger partial charge in [-0.25, -0.2) is 8.78 Å². The maximum Gasteiger partial charge on any atom is 0.431 e. The number of rotatable bonds is 8. The molecule has 4 atom stereocenters. The summed E-state index contributed by atoms with van der Waals surface area (Å²) in [7, 11) is 0. The fourth-order valence-electron chi connectivity index (χ4n) is 4.34. The average molecular weight is 503 g/mol. The van der Waals surface area contributed by atoms with E-state index in [1.807, 2.05) is 11.1 Å². The fourth-order valence-corrected chi connectivity index (χ4v) is 4.34. The Morgan fingerprint density at radius 2 is 1.86 bits per heavy atom. The van der Waals surface area contributed by atoms with Gasteiger partial charge in [-0.05, 0) is 45.2 Å². The topological polar surface area (TPSA) is 127 Å². The lowest BCUT2D eigenvalue weighted by Crippen LogP contribution is -2.51. The van der Waals surface area contributed by atoms with Crippen LogP contribution in [-0.4, -0.2) is 46.3 Å². The van der Waals surface area contributed by atoms with Crippen LogP contribution in [0.5, 0.6) is 0 Å². The molecule has 1 saturated heterocycles. The Hall–Kier alpha value is -3.17. The molecule has 2 fully saturated rings. The molecule has 1 saturated carbocycles. The van der Waals surface area contributed by atoms with E-state index in [9.17, 15) is 41.6 Å². The number of amides is 3. The molecular weight excluding hydrogens is 477 g/mol. The van der Waals surface area contributed by atoms with E-state index in [2.05, 4.69) is 16.0 Å². The van der Waals surface area contributed by atoms with Crippen molar-refractivity contribution in [2.24, 2.45) is 11.3 Å². The van der Waals surface area contributed by atoms with Crippen LogP contribution in [0.15, 0.2) is 12.1 Å². The highest BCUT2D eigenvalue weighted by molar-refractivity contribution is 5.96. The number of aromatic nitrogens is 1. The van der Waals surface area contributed by atoms with Crippen molar-refractivity contribution < 1.29 is 36.3 Å². The number of hydrogen-bond acceptors (Lipinski definition) is 4. The Labute approximate surface area is 198 Å². The summed E-state index contributed by atoms with van der Waals surface area (Å²) in [6.07, 6.45) is -5.38. The fraction of sp³-hybridized carbons (Fsp3) is 0.636. The van der Waals surface area contributed by atoms with Crippen molar-refractivity contribution in [1.29, 1.82) is 5.26 Å². The van der Waals surface area contributed by atoms with E-state index in [1.165, 1.54) is 6.92 Å². The number of nitriles is 1. The monoisotopic (exact) mass is 503 g/mol. The van der Waals surface area contributed by atoms with E-state index < -0.39 is 77.1 Å². The summed E-state index contributed by atoms with van der Waals surface area (Å²) < 4.78 is 66.2. The first-order valence-corrected chi connectivity index (χ1v) is 10.9. The van der Waals surface area contributed by atoms with Gasteiger partial charge in [-0.2, -0.15) is 18.4 Å². The summed E-state index contributed by atoms with van der Waals surface area (Å²) in [4.78, 5) is 39.5. The lowest BCUT2D eigenvalue weighted by molar-refractivity contribution is -0.140. The molecule has 8 nitrogen and oxygen atoms in total. The first-order valence-electron chi connectivity index (χ1n) is 10.9. The van der Waals surface area contributed by atoms with Crippen LogP contribution in [0.1, 0.15) is 62.6 Å². The molecule has 1 aromatic heterocycles. The second-order valence-electron chi connectivity index (χ2n) is 10.2. The number of alkyl halides is 5. The van der Waals surface area contributed by atoms with Crippen LogP contribution in [0.4, 0.5) is 22.0 Å². The number of nitrogens with zero attached hydrogens (tertiary/aromatic N) is 1. The zero-order valence-electron chi connectivity index (χ0n) is 19.3. The highest BCUT2D eigenvalue weighted by Crippen LogP contribution is 2.62. The first-order chi connectivity index (χ1) is 16.0. The SMILES string of the molecule is CC1(C)C[C@@H](C[C@@H](C#N)NC(=O)[C@H](CC2(C)CC2(F)F)NC(=O)c2ccc(C(F)(F)F)[nH]2)C(=O)N1. The average Bonchev–Trinajstić information content (AvgIpc) is 3.08. The summed E-state index contributed by atoms with van der Waals surface area (Å²) in [6.45, 7) is 4.83. The predicted octanol–water partition coefficient (Wildman–Crippen LogP) is 2.88. The van der Waals surface area contributed by atoms with Gasteiger partial charge < -0.3 is 20.9 Å². The van der Waals surface area contributed by atoms with Crippen LogP contribution >= 0.6 is 0 Å². The maximum atomic E-state index is 13.8. The molecule has 35 heavy (non-hydrogen) atoms. The normalized spacial score (nSPS) is 26.3. The second-order valence-corrected chi connectivity index (χ2v) is 10.2. The number of hydrogen-bond donors (Lipinski definition) is 4. The number of halogens is 5. The molecule has 0 aromatic carbocycles. The Kier molecular flexibility index (Phi) is 6.65. The third-order valence-corrected chi connectivity index (χ3v) is 6.46. The third-order valence-electron chi connectivity index (χ3n) is 6.46. The summed E-state index contributed by atoms with van der Waals surface area (Å²) in [5.74, 6) is -5.97. The number of H-pyrrole nitrogens is 1. The van der Waals surface area contributed by atoms with Gasteiger partial charge in [-0.3, -0.25) is 14.4 Å². The van der Waals surface area contributed by atoms with Gasteiger partial charge in [-0.1, -0.05) is 6.92 Å². The molecule has 2 aliphatic rings. The van der Waals surface area contributed by atoms with Gasteiger partial charge in [-0.15, -0.1) is 0 Å². The Morgan fingerprint density at radius 3 is 2.31 bits per heavy atom. The molecule has 0 bridgehead atoms. The smallest absolute Gasteiger partial charge is 0.351 e. The molecule has 13 heteroatoms. The molecule has 3 rings (SSSR count). The maximum absolute atomic E-state index is 13.8. The Bertz CT molecular complexity index is 1060. The number of nitrogens with one attached hydrogen (secondary N) is 4. The van der Waals surface area contributed by atoms with Gasteiger partial charge in [0.25, 0.3) is 11.8 Å². The van der Waals surface area contributed by atoms with Gasteiger partial charge in [0.2, 0.25) is 11.8 Å². The molecule has 1 unspecified atom stereocenters. The summed E-state index contributed by atoms with van der Waals surface area (Å²) >= 11 is 0. The molecule has 0 radical (unpaired) electrons. The molecule has 4 N–H and O–H groups in total. The van der Waals surface area contributed by atoms with Crippen molar-refractivity contribution >= 4 is 17.7 Å². The van der Waals surface area contributed by atoms with Crippen LogP contribution < -0.4 is 16.0 Å². The molecule has 1 aliphatic heterocycles. The van der Waals surface area contributed by atoms with Gasteiger partial charge in [0.05, 0.1) is 6.07 Å². The summed E-state index contributed by atoms with van der Waals surface area (Å²) in [5.41, 5.74) is -3.79. The van der Waals surface area contributed by atoms with Crippen molar-refractivity contribution in [2.45, 2.75) is 76.2 Å². The zero-order chi connectivity index (χ0) is 26.4. The quantitative estimate of drug-likeness (QED) is 0.407. The van der Waals surface area contributed by atoms with Crippen LogP contribution in [0, 0.1) is 22.7 Å². The molecule has 3 amide bonds. The standard InChI is InChI=1S/C22H26F5N5O3/c1-19(2)7-11(16(33)32-19)6-12(9-28)29-18(35)14(8-20(3)10-21(20,23)24)31-17(34)13-4-5-15(30-13)22(25,26)27/h4-5,11-12,14,30H,6-8,10H2,1-3H3,(H,29,35)(H,31,34)(H,32,33)/t11-,12+,14+,20?/m1/s1. The minimum atomic E-state index is -4.74. The van der Waals surface area contributed by atoms with E-state index in [0.29, 0.717) is 12.5 Å². The van der Waals surface area contributed by atoms with Gasteiger partial charge in [0.1, 0.15) is 23.5 Å². The van der Waals surface area contributed by atoms with Crippen molar-refractivity contribution in [1.82, 2.24) is 20.9 Å². The Morgan fingerprint density at radius 1 is 1.23 bits per heavy atom.